The molecule has 0 aliphatic carbocycles. The predicted molar refractivity (Wildman–Crippen MR) is 130 cm³/mol. The quantitative estimate of drug-likeness (QED) is 0.276. The molecule has 0 bridgehead atoms. The van der Waals surface area contributed by atoms with Gasteiger partial charge < -0.3 is 0 Å². The Morgan fingerprint density at radius 2 is 1.62 bits per heavy atom. The third-order valence-corrected chi connectivity index (χ3v) is 6.42. The zero-order valence-corrected chi connectivity index (χ0v) is 20.2. The molecule has 0 amide bonds. The molecule has 0 aliphatic heterocycles. The molecule has 2 rings (SSSR count). The summed E-state index contributed by atoms with van der Waals surface area (Å²) in [7, 11) is -1.54. The van der Waals surface area contributed by atoms with Crippen LogP contribution in [-0.2, 0) is 11.0 Å². The standard InChI is InChI=1S/C18H20Cl2FNOS2.C2H6.C2H2/c1-2-24-12-4-3-11-22(18-13-15(20)7-10-17(18)21)25(23)16-8-5-14(19)6-9-16;2*1-2/h5-10,13H,2-4,11-12H2,1H3;1-2H3;1-2H. The molecule has 0 heterocycles. The molecule has 160 valence electrons. The summed E-state index contributed by atoms with van der Waals surface area (Å²) in [5, 5.41) is 0.980. The molecular formula is C22H28Cl2FNOS2. The SMILES string of the molecule is C#C.CC.CCSCCCCN(c1cc(Cl)ccc1F)S(=O)c1ccc(Cl)cc1. The minimum atomic E-state index is -1.54. The smallest absolute Gasteiger partial charge is 0.153 e. The molecule has 7 heteroatoms. The molecule has 0 radical (unpaired) electrons. The van der Waals surface area contributed by atoms with Crippen molar-refractivity contribution in [1.82, 2.24) is 0 Å². The van der Waals surface area contributed by atoms with Crippen LogP contribution >= 0.6 is 35.0 Å². The number of thioether (sulfide) groups is 1. The van der Waals surface area contributed by atoms with E-state index >= 15 is 0 Å². The van der Waals surface area contributed by atoms with E-state index in [4.69, 9.17) is 23.2 Å². The van der Waals surface area contributed by atoms with Gasteiger partial charge in [0.2, 0.25) is 0 Å². The molecule has 0 saturated heterocycles. The van der Waals surface area contributed by atoms with Crippen LogP contribution in [0.3, 0.4) is 0 Å². The molecule has 0 spiro atoms. The van der Waals surface area contributed by atoms with E-state index < -0.39 is 16.8 Å². The van der Waals surface area contributed by atoms with Crippen molar-refractivity contribution in [1.29, 1.82) is 0 Å². The fourth-order valence-corrected chi connectivity index (χ4v) is 4.48. The van der Waals surface area contributed by atoms with Gasteiger partial charge in [-0.05, 0) is 66.8 Å². The second-order valence-corrected chi connectivity index (χ2v) is 8.98. The summed E-state index contributed by atoms with van der Waals surface area (Å²) in [5.41, 5.74) is 0.254. The van der Waals surface area contributed by atoms with Crippen LogP contribution in [-0.4, -0.2) is 22.3 Å². The molecular weight excluding hydrogens is 448 g/mol. The molecule has 0 N–H and O–H groups in total. The van der Waals surface area contributed by atoms with Crippen LogP contribution in [0.1, 0.15) is 33.6 Å². The molecule has 0 aliphatic rings. The van der Waals surface area contributed by atoms with Gasteiger partial charge in [-0.15, -0.1) is 12.8 Å². The predicted octanol–water partition coefficient (Wildman–Crippen LogP) is 7.47. The van der Waals surface area contributed by atoms with Crippen molar-refractivity contribution in [3.05, 3.63) is 58.3 Å². The highest BCUT2D eigenvalue weighted by molar-refractivity contribution is 7.99. The summed E-state index contributed by atoms with van der Waals surface area (Å²) >= 11 is 13.8. The highest BCUT2D eigenvalue weighted by Crippen LogP contribution is 2.28. The maximum Gasteiger partial charge on any atom is 0.153 e. The van der Waals surface area contributed by atoms with Gasteiger partial charge in [0.15, 0.2) is 11.0 Å². The third kappa shape index (κ3) is 9.91. The van der Waals surface area contributed by atoms with Crippen LogP contribution < -0.4 is 4.31 Å². The molecule has 1 unspecified atom stereocenters. The number of terminal acetylenes is 1. The number of rotatable bonds is 9. The second-order valence-electron chi connectivity index (χ2n) is 5.30. The Morgan fingerprint density at radius 3 is 2.21 bits per heavy atom. The van der Waals surface area contributed by atoms with E-state index in [2.05, 4.69) is 19.8 Å². The van der Waals surface area contributed by atoms with Crippen LogP contribution in [0.4, 0.5) is 10.1 Å². The van der Waals surface area contributed by atoms with Crippen LogP contribution in [0.2, 0.25) is 10.0 Å². The molecule has 0 fully saturated rings. The highest BCUT2D eigenvalue weighted by Gasteiger charge is 2.19. The molecule has 0 saturated carbocycles. The zero-order chi connectivity index (χ0) is 22.2. The third-order valence-electron chi connectivity index (χ3n) is 3.50. The highest BCUT2D eigenvalue weighted by atomic mass is 35.5. The first-order chi connectivity index (χ1) is 14.0. The number of halogens is 3. The minimum Gasteiger partial charge on any atom is -0.285 e. The van der Waals surface area contributed by atoms with Crippen molar-refractivity contribution >= 4 is 51.6 Å². The molecule has 29 heavy (non-hydrogen) atoms. The lowest BCUT2D eigenvalue weighted by atomic mass is 10.3. The number of hydrogen-bond donors (Lipinski definition) is 0. The van der Waals surface area contributed by atoms with E-state index in [1.165, 1.54) is 18.2 Å². The Balaban J connectivity index is 0.00000184. The number of benzene rings is 2. The summed E-state index contributed by atoms with van der Waals surface area (Å²) in [4.78, 5) is 0.576. The monoisotopic (exact) mass is 475 g/mol. The fraction of sp³-hybridized carbons (Fsp3) is 0.364. The van der Waals surface area contributed by atoms with Crippen LogP contribution in [0.25, 0.3) is 0 Å². The normalized spacial score (nSPS) is 10.8. The van der Waals surface area contributed by atoms with Gasteiger partial charge in [-0.3, -0.25) is 4.31 Å². The van der Waals surface area contributed by atoms with Crippen molar-refractivity contribution in [3.8, 4) is 12.8 Å². The summed E-state index contributed by atoms with van der Waals surface area (Å²) in [5.74, 6) is 1.67. The number of unbranched alkanes of at least 4 members (excludes halogenated alkanes) is 1. The van der Waals surface area contributed by atoms with Gasteiger partial charge in [-0.2, -0.15) is 11.8 Å². The van der Waals surface area contributed by atoms with Crippen molar-refractivity contribution in [2.75, 3.05) is 22.4 Å². The molecule has 0 aromatic heterocycles. The second kappa shape index (κ2) is 16.6. The largest absolute Gasteiger partial charge is 0.285 e. The van der Waals surface area contributed by atoms with Crippen LogP contribution in [0.15, 0.2) is 47.4 Å². The van der Waals surface area contributed by atoms with Gasteiger partial charge in [0.05, 0.1) is 10.6 Å². The summed E-state index contributed by atoms with van der Waals surface area (Å²) < 4.78 is 28.9. The number of anilines is 1. The van der Waals surface area contributed by atoms with Gasteiger partial charge >= 0.3 is 0 Å². The lowest BCUT2D eigenvalue weighted by Crippen LogP contribution is -2.28. The Labute approximate surface area is 191 Å². The maximum atomic E-state index is 14.3. The lowest BCUT2D eigenvalue weighted by Gasteiger charge is -2.24. The van der Waals surface area contributed by atoms with E-state index in [0.717, 1.165) is 24.3 Å². The van der Waals surface area contributed by atoms with E-state index in [9.17, 15) is 8.60 Å². The molecule has 2 aromatic rings. The van der Waals surface area contributed by atoms with E-state index in [1.807, 2.05) is 25.6 Å². The summed E-state index contributed by atoms with van der Waals surface area (Å²) in [6, 6.07) is 11.1. The van der Waals surface area contributed by atoms with Gasteiger partial charge in [0, 0.05) is 16.6 Å². The molecule has 2 aromatic carbocycles. The average molecular weight is 477 g/mol. The topological polar surface area (TPSA) is 20.3 Å². The van der Waals surface area contributed by atoms with Crippen molar-refractivity contribution in [3.63, 3.8) is 0 Å². The summed E-state index contributed by atoms with van der Waals surface area (Å²) in [6.07, 6.45) is 9.80. The zero-order valence-electron chi connectivity index (χ0n) is 17.0. The van der Waals surface area contributed by atoms with E-state index in [0.29, 0.717) is 21.5 Å². The molecule has 2 nitrogen and oxygen atoms in total. The Morgan fingerprint density at radius 1 is 1.03 bits per heavy atom. The minimum absolute atomic E-state index is 0.254. The van der Waals surface area contributed by atoms with E-state index in [1.54, 1.807) is 28.6 Å². The Kier molecular flexibility index (Phi) is 15.9. The van der Waals surface area contributed by atoms with Crippen molar-refractivity contribution in [2.24, 2.45) is 0 Å². The first kappa shape index (κ1) is 27.8. The molecule has 1 atom stereocenters. The average Bonchev–Trinajstić information content (AvgIpc) is 2.76. The lowest BCUT2D eigenvalue weighted by molar-refractivity contribution is 0.622. The maximum absolute atomic E-state index is 14.3. The van der Waals surface area contributed by atoms with Gasteiger partial charge in [-0.1, -0.05) is 44.0 Å². The van der Waals surface area contributed by atoms with Gasteiger partial charge in [0.1, 0.15) is 5.82 Å². The van der Waals surface area contributed by atoms with Crippen LogP contribution in [0, 0.1) is 18.7 Å². The van der Waals surface area contributed by atoms with Gasteiger partial charge in [-0.25, -0.2) is 8.60 Å². The van der Waals surface area contributed by atoms with Crippen LogP contribution in [0.5, 0.6) is 0 Å². The van der Waals surface area contributed by atoms with E-state index in [-0.39, 0.29) is 5.69 Å². The first-order valence-corrected chi connectivity index (χ1v) is 12.4. The number of nitrogens with zero attached hydrogens (tertiary/aromatic N) is 1. The Hall–Kier alpha value is -1.19. The van der Waals surface area contributed by atoms with Crippen molar-refractivity contribution < 1.29 is 8.60 Å². The first-order valence-electron chi connectivity index (χ1n) is 9.34. The number of hydrogen-bond acceptors (Lipinski definition) is 2. The van der Waals surface area contributed by atoms with Gasteiger partial charge in [0.25, 0.3) is 0 Å². The summed E-state index contributed by atoms with van der Waals surface area (Å²) in [6.45, 7) is 6.60. The Bertz CT molecular complexity index is 754. The fourth-order valence-electron chi connectivity index (χ4n) is 2.25. The van der Waals surface area contributed by atoms with Crippen molar-refractivity contribution in [2.45, 2.75) is 38.5 Å².